The van der Waals surface area contributed by atoms with Gasteiger partial charge in [0.1, 0.15) is 11.5 Å². The monoisotopic (exact) mass is 565 g/mol. The first kappa shape index (κ1) is 28.4. The summed E-state index contributed by atoms with van der Waals surface area (Å²) in [4.78, 5) is 52.6. The highest BCUT2D eigenvalue weighted by atomic mass is 16.5. The van der Waals surface area contributed by atoms with Gasteiger partial charge in [0.25, 0.3) is 5.56 Å². The molecule has 5 rings (SSSR count). The molecule has 0 atom stereocenters. The average molecular weight is 566 g/mol. The second-order valence-electron chi connectivity index (χ2n) is 10.4. The summed E-state index contributed by atoms with van der Waals surface area (Å²) in [5, 5.41) is 12.4. The van der Waals surface area contributed by atoms with Crippen molar-refractivity contribution in [1.82, 2.24) is 25.0 Å². The van der Waals surface area contributed by atoms with Gasteiger partial charge in [-0.05, 0) is 62.1 Å². The number of carbonyl (C=O) groups excluding carboxylic acids is 2. The van der Waals surface area contributed by atoms with E-state index in [4.69, 9.17) is 10.2 Å². The molecule has 4 aromatic rings. The zero-order chi connectivity index (χ0) is 29.8. The molecule has 1 aromatic carbocycles. The molecule has 0 unspecified atom stereocenters. The Labute approximate surface area is 242 Å². The summed E-state index contributed by atoms with van der Waals surface area (Å²) in [6, 6.07) is 11.2. The fourth-order valence-electron chi connectivity index (χ4n) is 5.32. The summed E-state index contributed by atoms with van der Waals surface area (Å²) in [6.07, 6.45) is 7.23. The number of aryl methyl sites for hydroxylation is 1. The summed E-state index contributed by atoms with van der Waals surface area (Å²) in [5.41, 5.74) is 5.12. The minimum Gasteiger partial charge on any atom is -0.369 e. The smallest absolute Gasteiger partial charge is 0.319 e. The Balaban J connectivity index is 1.33. The number of hydrogen-bond donors (Lipinski definition) is 3. The lowest BCUT2D eigenvalue weighted by Gasteiger charge is -2.20. The molecule has 1 aliphatic carbocycles. The van der Waals surface area contributed by atoms with Crippen molar-refractivity contribution in [2.45, 2.75) is 52.1 Å². The Morgan fingerprint density at radius 2 is 1.83 bits per heavy atom. The highest BCUT2D eigenvalue weighted by Gasteiger charge is 2.25. The number of benzene rings is 1. The third kappa shape index (κ3) is 5.99. The minimum atomic E-state index is -0.765. The van der Waals surface area contributed by atoms with E-state index in [1.807, 2.05) is 48.3 Å². The lowest BCUT2D eigenvalue weighted by Crippen LogP contribution is -2.30. The number of carbonyl (C=O) groups is 2. The van der Waals surface area contributed by atoms with Crippen molar-refractivity contribution in [3.8, 4) is 11.8 Å². The van der Waals surface area contributed by atoms with Crippen molar-refractivity contribution in [1.29, 1.82) is 0 Å². The first-order valence-electron chi connectivity index (χ1n) is 13.7. The number of hydrogen-bond acceptors (Lipinski definition) is 9. The van der Waals surface area contributed by atoms with Gasteiger partial charge in [0, 0.05) is 42.7 Å². The summed E-state index contributed by atoms with van der Waals surface area (Å²) < 4.78 is 1.69. The third-order valence-corrected chi connectivity index (χ3v) is 7.47. The number of fused-ring (bicyclic) bond motifs is 1. The number of hydroxylamine groups is 1. The second-order valence-corrected chi connectivity index (χ2v) is 10.4. The van der Waals surface area contributed by atoms with Crippen molar-refractivity contribution < 1.29 is 14.8 Å². The van der Waals surface area contributed by atoms with Gasteiger partial charge in [-0.3, -0.25) is 24.2 Å². The molecule has 1 aliphatic rings. The van der Waals surface area contributed by atoms with Crippen LogP contribution in [-0.2, 0) is 11.3 Å². The maximum Gasteiger partial charge on any atom is 0.319 e. The van der Waals surface area contributed by atoms with Gasteiger partial charge in [-0.2, -0.15) is 4.98 Å². The predicted octanol–water partition coefficient (Wildman–Crippen LogP) is 4.05. The summed E-state index contributed by atoms with van der Waals surface area (Å²) >= 11 is 0. The molecule has 3 N–H and O–H groups in total. The van der Waals surface area contributed by atoms with E-state index in [1.165, 1.54) is 12.4 Å². The number of nitrogens with zero attached hydrogens (tertiary/aromatic N) is 5. The molecule has 0 aliphatic heterocycles. The van der Waals surface area contributed by atoms with Gasteiger partial charge in [-0.1, -0.05) is 30.9 Å². The number of anilines is 3. The van der Waals surface area contributed by atoms with Crippen LogP contribution in [0.4, 0.5) is 17.5 Å². The van der Waals surface area contributed by atoms with Crippen LogP contribution in [0.15, 0.2) is 53.6 Å². The number of pyridine rings is 2. The topological polar surface area (TPSA) is 142 Å². The van der Waals surface area contributed by atoms with Gasteiger partial charge in [0.15, 0.2) is 5.78 Å². The molecule has 1 saturated carbocycles. The van der Waals surface area contributed by atoms with E-state index in [1.54, 1.807) is 23.9 Å². The number of ketones is 1. The van der Waals surface area contributed by atoms with Gasteiger partial charge in [0.05, 0.1) is 17.4 Å². The first-order chi connectivity index (χ1) is 20.2. The molecule has 0 radical (unpaired) electrons. The van der Waals surface area contributed by atoms with Gasteiger partial charge in [-0.15, -0.1) is 0 Å². The van der Waals surface area contributed by atoms with E-state index in [2.05, 4.69) is 27.1 Å². The van der Waals surface area contributed by atoms with E-state index >= 15 is 0 Å². The van der Waals surface area contributed by atoms with Crippen molar-refractivity contribution in [3.63, 3.8) is 0 Å². The molecule has 0 bridgehead atoms. The summed E-state index contributed by atoms with van der Waals surface area (Å²) in [6.45, 7) is 3.81. The van der Waals surface area contributed by atoms with Crippen LogP contribution in [0.1, 0.15) is 65.7 Å². The van der Waals surface area contributed by atoms with Crippen LogP contribution in [0.5, 0.6) is 0 Å². The number of Topliss-reactive ketones (excluding diaryl/α,β-unsaturated/α-hetero) is 1. The lowest BCUT2D eigenvalue weighted by molar-refractivity contribution is -0.123. The molecule has 3 heterocycles. The number of rotatable bonds is 7. The van der Waals surface area contributed by atoms with Crippen LogP contribution in [0.25, 0.3) is 11.0 Å². The summed E-state index contributed by atoms with van der Waals surface area (Å²) in [7, 11) is 1.95. The van der Waals surface area contributed by atoms with Crippen LogP contribution in [-0.4, -0.2) is 43.5 Å². The highest BCUT2D eigenvalue weighted by molar-refractivity contribution is 5.99. The van der Waals surface area contributed by atoms with Crippen LogP contribution in [0, 0.1) is 18.8 Å². The Hall–Kier alpha value is -5.08. The molecule has 1 amide bonds. The molecule has 3 aromatic heterocycles. The van der Waals surface area contributed by atoms with E-state index < -0.39 is 5.91 Å². The molecule has 0 spiro atoms. The van der Waals surface area contributed by atoms with Crippen LogP contribution in [0.2, 0.25) is 0 Å². The normalized spacial score (nSPS) is 13.0. The van der Waals surface area contributed by atoms with E-state index in [-0.39, 0.29) is 22.9 Å². The van der Waals surface area contributed by atoms with Gasteiger partial charge in [-0.25, -0.2) is 15.4 Å². The van der Waals surface area contributed by atoms with Gasteiger partial charge < -0.3 is 10.2 Å². The van der Waals surface area contributed by atoms with Crippen molar-refractivity contribution in [3.05, 3.63) is 81.4 Å². The maximum absolute atomic E-state index is 13.4. The Morgan fingerprint density at radius 3 is 2.48 bits per heavy atom. The SMILES string of the molecule is CC(=O)c1c(C)c2cnc(Nc3ccc(N(C)Cc4ccc(C#CC(=O)NO)cc4)cn3)nc2n(C2CCCC2)c1=O. The van der Waals surface area contributed by atoms with Crippen molar-refractivity contribution in [2.75, 3.05) is 17.3 Å². The zero-order valence-corrected chi connectivity index (χ0v) is 23.6. The van der Waals surface area contributed by atoms with Gasteiger partial charge in [0.2, 0.25) is 5.95 Å². The molecule has 11 nitrogen and oxygen atoms in total. The molecule has 214 valence electrons. The Bertz CT molecular complexity index is 1760. The van der Waals surface area contributed by atoms with Crippen LogP contribution >= 0.6 is 0 Å². The Morgan fingerprint density at radius 1 is 1.10 bits per heavy atom. The quantitative estimate of drug-likeness (QED) is 0.131. The fraction of sp³-hybridized carbons (Fsp3) is 0.290. The Kier molecular flexibility index (Phi) is 8.26. The maximum atomic E-state index is 13.4. The second kappa shape index (κ2) is 12.2. The molecule has 1 fully saturated rings. The number of aromatic nitrogens is 4. The number of nitrogens with one attached hydrogen (secondary N) is 2. The molecule has 11 heteroatoms. The zero-order valence-electron chi connectivity index (χ0n) is 23.6. The molecular formula is C31H31N7O4. The predicted molar refractivity (Wildman–Crippen MR) is 159 cm³/mol. The molecule has 42 heavy (non-hydrogen) atoms. The molecular weight excluding hydrogens is 534 g/mol. The third-order valence-electron chi connectivity index (χ3n) is 7.47. The minimum absolute atomic E-state index is 0.00583. The van der Waals surface area contributed by atoms with Crippen molar-refractivity contribution in [2.24, 2.45) is 0 Å². The largest absolute Gasteiger partial charge is 0.369 e. The average Bonchev–Trinajstić information content (AvgIpc) is 3.51. The summed E-state index contributed by atoms with van der Waals surface area (Å²) in [5.74, 6) is 4.81. The lowest BCUT2D eigenvalue weighted by atomic mass is 10.0. The fourth-order valence-corrected chi connectivity index (χ4v) is 5.32. The van der Waals surface area contributed by atoms with Crippen LogP contribution in [0.3, 0.4) is 0 Å². The highest BCUT2D eigenvalue weighted by Crippen LogP contribution is 2.32. The van der Waals surface area contributed by atoms with Crippen LogP contribution < -0.4 is 21.3 Å². The number of amides is 1. The van der Waals surface area contributed by atoms with Crippen molar-refractivity contribution >= 4 is 40.2 Å². The standard InChI is InChI=1S/C31H31N7O4/c1-19-25-17-33-31(35-29(25)38(23-6-4-5-7-23)30(41)28(19)20(2)39)34-26-14-13-24(16-32-26)37(3)18-22-10-8-21(9-11-22)12-15-27(40)36-42/h8-11,13-14,16-17,23,42H,4-7,18H2,1-3H3,(H,36,40)(H,32,33,34,35). The van der Waals surface area contributed by atoms with Gasteiger partial charge >= 0.3 is 5.91 Å². The van der Waals surface area contributed by atoms with E-state index in [0.717, 1.165) is 36.9 Å². The molecule has 0 saturated heterocycles. The first-order valence-corrected chi connectivity index (χ1v) is 13.7. The van der Waals surface area contributed by atoms with E-state index in [9.17, 15) is 14.4 Å². The van der Waals surface area contributed by atoms with E-state index in [0.29, 0.717) is 40.5 Å².